The smallest absolute Gasteiger partial charge is 0.726 e. The number of hydrogen-bond donors (Lipinski definition) is 1. The van der Waals surface area contributed by atoms with Crippen molar-refractivity contribution < 1.29 is 63.9 Å². The standard InChI is InChI=1S/2C12H26O4S.H3N.Na/c2*1-2-3-4-5-6-7-8-9-10-11-12-16-17(13,14)15;;/h2*2-12H2,1H3,(H,13,14,15);1H3;/q;;;+1/p-1. The van der Waals surface area contributed by atoms with Crippen molar-refractivity contribution >= 4 is 20.8 Å². The van der Waals surface area contributed by atoms with Crippen molar-refractivity contribution in [2.24, 2.45) is 0 Å². The van der Waals surface area contributed by atoms with E-state index in [2.05, 4.69) is 22.2 Å². The molecule has 0 aromatic carbocycles. The SMILES string of the molecule is CCCCCCCCCCCCOS(=O)(=O)[O-].CCCCCCCCCCCCOS(=O)(=O)[O-].[NH4+].[Na+]. The quantitative estimate of drug-likeness (QED) is 0.0779. The molecule has 4 N–H and O–H groups in total. The van der Waals surface area contributed by atoms with Crippen molar-refractivity contribution in [1.82, 2.24) is 6.15 Å². The first-order chi connectivity index (χ1) is 16.1. The molecule has 0 rings (SSSR count). The second-order valence-corrected chi connectivity index (χ2v) is 10.9. The van der Waals surface area contributed by atoms with Gasteiger partial charge in [0.1, 0.15) is 0 Å². The molecule has 36 heavy (non-hydrogen) atoms. The van der Waals surface area contributed by atoms with E-state index in [9.17, 15) is 25.9 Å². The molecule has 0 radical (unpaired) electrons. The van der Waals surface area contributed by atoms with Crippen molar-refractivity contribution in [1.29, 1.82) is 0 Å². The first kappa shape index (κ1) is 43.7. The molecular formula is C24H54NNaO8S2. The summed E-state index contributed by atoms with van der Waals surface area (Å²) in [7, 11) is -8.97. The molecule has 0 aromatic heterocycles. The fraction of sp³-hybridized carbons (Fsp3) is 1.00. The molecule has 0 spiro atoms. The summed E-state index contributed by atoms with van der Waals surface area (Å²) in [4.78, 5) is 0. The van der Waals surface area contributed by atoms with Gasteiger partial charge in [0.2, 0.25) is 20.8 Å². The number of hydrogen-bond acceptors (Lipinski definition) is 8. The zero-order valence-corrected chi connectivity index (χ0v) is 27.3. The number of quaternary nitrogens is 1. The van der Waals surface area contributed by atoms with Crippen LogP contribution in [-0.4, -0.2) is 39.2 Å². The van der Waals surface area contributed by atoms with Gasteiger partial charge in [0.15, 0.2) is 0 Å². The van der Waals surface area contributed by atoms with E-state index >= 15 is 0 Å². The number of unbranched alkanes of at least 4 members (excludes halogenated alkanes) is 18. The molecule has 12 heteroatoms. The van der Waals surface area contributed by atoms with Crippen LogP contribution in [0.25, 0.3) is 0 Å². The largest absolute Gasteiger partial charge is 1.00 e. The van der Waals surface area contributed by atoms with Gasteiger partial charge in [-0.3, -0.25) is 8.37 Å². The van der Waals surface area contributed by atoms with E-state index in [1.54, 1.807) is 0 Å². The molecule has 0 aliphatic heterocycles. The van der Waals surface area contributed by atoms with E-state index in [1.165, 1.54) is 89.9 Å². The van der Waals surface area contributed by atoms with E-state index in [1.807, 2.05) is 0 Å². The van der Waals surface area contributed by atoms with Crippen LogP contribution in [0, 0.1) is 0 Å². The molecule has 0 aliphatic rings. The van der Waals surface area contributed by atoms with Crippen molar-refractivity contribution in [2.75, 3.05) is 13.2 Å². The molecular weight excluding hydrogens is 517 g/mol. The minimum Gasteiger partial charge on any atom is -0.726 e. The molecule has 0 aliphatic carbocycles. The molecule has 9 nitrogen and oxygen atoms in total. The van der Waals surface area contributed by atoms with Gasteiger partial charge in [0, 0.05) is 0 Å². The second kappa shape index (κ2) is 31.9. The normalized spacial score (nSPS) is 11.2. The Morgan fingerprint density at radius 3 is 0.833 bits per heavy atom. The Morgan fingerprint density at radius 1 is 0.444 bits per heavy atom. The van der Waals surface area contributed by atoms with Crippen LogP contribution >= 0.6 is 0 Å². The Hall–Kier alpha value is 0.700. The van der Waals surface area contributed by atoms with Crippen LogP contribution in [0.1, 0.15) is 142 Å². The van der Waals surface area contributed by atoms with Crippen LogP contribution in [0.2, 0.25) is 0 Å². The molecule has 0 unspecified atom stereocenters. The van der Waals surface area contributed by atoms with E-state index in [0.29, 0.717) is 12.8 Å². The van der Waals surface area contributed by atoms with Crippen molar-refractivity contribution in [3.8, 4) is 0 Å². The Bertz CT molecular complexity index is 566. The Labute approximate surface area is 245 Å². The third-order valence-corrected chi connectivity index (χ3v) is 6.36. The van der Waals surface area contributed by atoms with Gasteiger partial charge in [-0.15, -0.1) is 0 Å². The van der Waals surface area contributed by atoms with E-state index in [4.69, 9.17) is 0 Å². The predicted molar refractivity (Wildman–Crippen MR) is 141 cm³/mol. The summed E-state index contributed by atoms with van der Waals surface area (Å²) in [5.41, 5.74) is 0. The topological polar surface area (TPSA) is 169 Å². The molecule has 0 aromatic rings. The monoisotopic (exact) mass is 571 g/mol. The maximum atomic E-state index is 10.1. The summed E-state index contributed by atoms with van der Waals surface area (Å²) in [6.07, 6.45) is 23.4. The van der Waals surface area contributed by atoms with Gasteiger partial charge >= 0.3 is 29.6 Å². The fourth-order valence-electron chi connectivity index (χ4n) is 3.50. The maximum Gasteiger partial charge on any atom is 1.00 e. The number of rotatable bonds is 24. The van der Waals surface area contributed by atoms with E-state index in [-0.39, 0.29) is 48.9 Å². The zero-order chi connectivity index (χ0) is 26.0. The molecule has 0 heterocycles. The summed E-state index contributed by atoms with van der Waals surface area (Å²) in [5.74, 6) is 0. The van der Waals surface area contributed by atoms with Crippen molar-refractivity contribution in [3.63, 3.8) is 0 Å². The van der Waals surface area contributed by atoms with Crippen LogP contribution in [0.4, 0.5) is 0 Å². The first-order valence-corrected chi connectivity index (χ1v) is 16.0. The Balaban J connectivity index is -0.000000269. The first-order valence-electron chi connectivity index (χ1n) is 13.3. The van der Waals surface area contributed by atoms with Gasteiger partial charge in [-0.05, 0) is 12.8 Å². The molecule has 0 amide bonds. The van der Waals surface area contributed by atoms with E-state index < -0.39 is 20.8 Å². The van der Waals surface area contributed by atoms with Gasteiger partial charge in [-0.2, -0.15) is 0 Å². The Kier molecular flexibility index (Phi) is 38.8. The second-order valence-electron chi connectivity index (χ2n) is 8.82. The average molecular weight is 572 g/mol. The summed E-state index contributed by atoms with van der Waals surface area (Å²) in [6.45, 7) is 4.49. The Morgan fingerprint density at radius 2 is 0.639 bits per heavy atom. The molecule has 216 valence electrons. The summed E-state index contributed by atoms with van der Waals surface area (Å²) in [5, 5.41) is 0. The van der Waals surface area contributed by atoms with Crippen molar-refractivity contribution in [2.45, 2.75) is 142 Å². The van der Waals surface area contributed by atoms with Crippen LogP contribution in [0.5, 0.6) is 0 Å². The summed E-state index contributed by atoms with van der Waals surface area (Å²) >= 11 is 0. The summed E-state index contributed by atoms with van der Waals surface area (Å²) < 4.78 is 68.9. The fourth-order valence-corrected chi connectivity index (χ4v) is 4.14. The minimum atomic E-state index is -4.48. The van der Waals surface area contributed by atoms with Crippen LogP contribution in [0.15, 0.2) is 0 Å². The third-order valence-electron chi connectivity index (χ3n) is 5.45. The van der Waals surface area contributed by atoms with Crippen LogP contribution in [0.3, 0.4) is 0 Å². The van der Waals surface area contributed by atoms with Gasteiger partial charge in [0.05, 0.1) is 13.2 Å². The van der Waals surface area contributed by atoms with E-state index in [0.717, 1.165) is 25.7 Å². The molecule has 0 saturated heterocycles. The van der Waals surface area contributed by atoms with Crippen LogP contribution in [-0.2, 0) is 29.2 Å². The molecule has 0 saturated carbocycles. The average Bonchev–Trinajstić information content (AvgIpc) is 2.75. The van der Waals surface area contributed by atoms with Gasteiger partial charge in [0.25, 0.3) is 0 Å². The molecule has 0 bridgehead atoms. The summed E-state index contributed by atoms with van der Waals surface area (Å²) in [6, 6.07) is 0. The van der Waals surface area contributed by atoms with Gasteiger partial charge in [-0.1, -0.05) is 129 Å². The zero-order valence-electron chi connectivity index (χ0n) is 23.6. The third kappa shape index (κ3) is 47.8. The van der Waals surface area contributed by atoms with Gasteiger partial charge in [-0.25, -0.2) is 16.8 Å². The maximum absolute atomic E-state index is 10.1. The predicted octanol–water partition coefficient (Wildman–Crippen LogP) is 4.15. The van der Waals surface area contributed by atoms with Crippen LogP contribution < -0.4 is 35.7 Å². The molecule has 0 fully saturated rings. The van der Waals surface area contributed by atoms with Crippen molar-refractivity contribution in [3.05, 3.63) is 0 Å². The molecule has 0 atom stereocenters. The van der Waals surface area contributed by atoms with Gasteiger partial charge < -0.3 is 15.3 Å². The minimum absolute atomic E-state index is 0.